The van der Waals surface area contributed by atoms with Crippen LogP contribution in [0.25, 0.3) is 0 Å². The van der Waals surface area contributed by atoms with Gasteiger partial charge in [0.15, 0.2) is 0 Å². The zero-order valence-electron chi connectivity index (χ0n) is 8.81. The second-order valence-electron chi connectivity index (χ2n) is 3.28. The lowest BCUT2D eigenvalue weighted by Crippen LogP contribution is -2.09. The molecule has 0 radical (unpaired) electrons. The number of aliphatic hydroxyl groups excluding tert-OH is 1. The van der Waals surface area contributed by atoms with Gasteiger partial charge in [0.05, 0.1) is 0 Å². The molecule has 1 aromatic heterocycles. The van der Waals surface area contributed by atoms with Gasteiger partial charge < -0.3 is 9.67 Å². The van der Waals surface area contributed by atoms with Crippen LogP contribution in [0.3, 0.4) is 0 Å². The second-order valence-corrected chi connectivity index (χ2v) is 4.26. The van der Waals surface area contributed by atoms with Crippen LogP contribution in [-0.2, 0) is 6.54 Å². The summed E-state index contributed by atoms with van der Waals surface area (Å²) in [5, 5.41) is 9.85. The predicted molar refractivity (Wildman–Crippen MR) is 60.5 cm³/mol. The first-order chi connectivity index (χ1) is 6.79. The van der Waals surface area contributed by atoms with Gasteiger partial charge in [-0.15, -0.1) is 0 Å². The number of hydrogen-bond acceptors (Lipinski definition) is 3. The molecule has 1 atom stereocenters. The van der Waals surface area contributed by atoms with Crippen molar-refractivity contribution in [1.29, 1.82) is 0 Å². The molecule has 1 unspecified atom stereocenters. The van der Waals surface area contributed by atoms with Crippen molar-refractivity contribution >= 4 is 11.8 Å². The fraction of sp³-hybridized carbons (Fsp3) is 0.700. The molecule has 3 nitrogen and oxygen atoms in total. The van der Waals surface area contributed by atoms with E-state index in [1.807, 2.05) is 17.0 Å². The van der Waals surface area contributed by atoms with E-state index in [0.717, 1.165) is 31.0 Å². The minimum atomic E-state index is -0.413. The number of hydrogen-bond donors (Lipinski definition) is 1. The van der Waals surface area contributed by atoms with Crippen molar-refractivity contribution in [3.63, 3.8) is 0 Å². The SMILES string of the molecule is CCCn1ccnc1C(O)CCSC. The molecule has 0 saturated heterocycles. The average Bonchev–Trinajstić information content (AvgIpc) is 2.63. The Bertz CT molecular complexity index is 262. The summed E-state index contributed by atoms with van der Waals surface area (Å²) in [5.41, 5.74) is 0. The van der Waals surface area contributed by atoms with Gasteiger partial charge in [-0.3, -0.25) is 0 Å². The monoisotopic (exact) mass is 214 g/mol. The molecule has 0 aliphatic rings. The molecule has 1 N–H and O–H groups in total. The molecular formula is C10H18N2OS. The zero-order chi connectivity index (χ0) is 10.4. The maximum atomic E-state index is 9.85. The molecule has 0 amide bonds. The summed E-state index contributed by atoms with van der Waals surface area (Å²) >= 11 is 1.75. The van der Waals surface area contributed by atoms with Gasteiger partial charge in [0.25, 0.3) is 0 Å². The van der Waals surface area contributed by atoms with Gasteiger partial charge >= 0.3 is 0 Å². The van der Waals surface area contributed by atoms with Gasteiger partial charge in [-0.1, -0.05) is 6.92 Å². The third-order valence-corrected chi connectivity index (χ3v) is 2.75. The summed E-state index contributed by atoms with van der Waals surface area (Å²) in [6.45, 7) is 3.06. The second kappa shape index (κ2) is 6.09. The molecule has 1 heterocycles. The zero-order valence-corrected chi connectivity index (χ0v) is 9.63. The van der Waals surface area contributed by atoms with Crippen LogP contribution in [0.1, 0.15) is 31.7 Å². The van der Waals surface area contributed by atoms with E-state index in [9.17, 15) is 5.11 Å². The Labute approximate surface area is 89.5 Å². The molecule has 4 heteroatoms. The molecule has 0 fully saturated rings. The molecule has 1 aromatic rings. The van der Waals surface area contributed by atoms with Crippen LogP contribution in [-0.4, -0.2) is 26.7 Å². The van der Waals surface area contributed by atoms with Crippen molar-refractivity contribution in [2.75, 3.05) is 12.0 Å². The van der Waals surface area contributed by atoms with Crippen LogP contribution in [0.15, 0.2) is 12.4 Å². The van der Waals surface area contributed by atoms with Gasteiger partial charge in [-0.25, -0.2) is 4.98 Å². The van der Waals surface area contributed by atoms with Crippen molar-refractivity contribution in [1.82, 2.24) is 9.55 Å². The summed E-state index contributed by atoms with van der Waals surface area (Å²) in [4.78, 5) is 4.19. The number of imidazole rings is 1. The van der Waals surface area contributed by atoms with Gasteiger partial charge in [0.1, 0.15) is 11.9 Å². The topological polar surface area (TPSA) is 38.0 Å². The smallest absolute Gasteiger partial charge is 0.137 e. The van der Waals surface area contributed by atoms with Crippen molar-refractivity contribution in [3.05, 3.63) is 18.2 Å². The van der Waals surface area contributed by atoms with Gasteiger partial charge in [0.2, 0.25) is 0 Å². The fourth-order valence-electron chi connectivity index (χ4n) is 1.41. The maximum absolute atomic E-state index is 9.85. The third-order valence-electron chi connectivity index (χ3n) is 2.11. The Hall–Kier alpha value is -0.480. The molecule has 0 aromatic carbocycles. The largest absolute Gasteiger partial charge is 0.385 e. The van der Waals surface area contributed by atoms with Gasteiger partial charge in [-0.2, -0.15) is 11.8 Å². The Balaban J connectivity index is 2.58. The third kappa shape index (κ3) is 3.03. The molecule has 0 spiro atoms. The predicted octanol–water partition coefficient (Wildman–Crippen LogP) is 2.08. The van der Waals surface area contributed by atoms with E-state index in [-0.39, 0.29) is 0 Å². The first-order valence-corrected chi connectivity index (χ1v) is 6.37. The lowest BCUT2D eigenvalue weighted by Gasteiger charge is -2.11. The Morgan fingerprint density at radius 1 is 1.64 bits per heavy atom. The van der Waals surface area contributed by atoms with E-state index in [1.165, 1.54) is 0 Å². The van der Waals surface area contributed by atoms with E-state index >= 15 is 0 Å². The van der Waals surface area contributed by atoms with Gasteiger partial charge in [0, 0.05) is 18.9 Å². The number of nitrogens with zero attached hydrogens (tertiary/aromatic N) is 2. The Kier molecular flexibility index (Phi) is 5.04. The molecule has 14 heavy (non-hydrogen) atoms. The first kappa shape index (κ1) is 11.6. The van der Waals surface area contributed by atoms with E-state index in [2.05, 4.69) is 11.9 Å². The van der Waals surface area contributed by atoms with E-state index in [4.69, 9.17) is 0 Å². The van der Waals surface area contributed by atoms with Gasteiger partial charge in [-0.05, 0) is 24.9 Å². The molecule has 80 valence electrons. The van der Waals surface area contributed by atoms with Crippen LogP contribution >= 0.6 is 11.8 Å². The highest BCUT2D eigenvalue weighted by molar-refractivity contribution is 7.98. The van der Waals surface area contributed by atoms with Crippen LogP contribution in [0.2, 0.25) is 0 Å². The highest BCUT2D eigenvalue weighted by Crippen LogP contribution is 2.16. The number of rotatable bonds is 6. The van der Waals surface area contributed by atoms with Crippen LogP contribution in [0.5, 0.6) is 0 Å². The molecule has 0 aliphatic carbocycles. The highest BCUT2D eigenvalue weighted by atomic mass is 32.2. The van der Waals surface area contributed by atoms with Crippen molar-refractivity contribution in [3.8, 4) is 0 Å². The Morgan fingerprint density at radius 3 is 3.07 bits per heavy atom. The highest BCUT2D eigenvalue weighted by Gasteiger charge is 2.12. The number of thioether (sulfide) groups is 1. The van der Waals surface area contributed by atoms with Crippen LogP contribution in [0.4, 0.5) is 0 Å². The maximum Gasteiger partial charge on any atom is 0.137 e. The lowest BCUT2D eigenvalue weighted by atomic mass is 10.2. The van der Waals surface area contributed by atoms with Crippen molar-refractivity contribution in [2.45, 2.75) is 32.4 Å². The number of aromatic nitrogens is 2. The van der Waals surface area contributed by atoms with Crippen molar-refractivity contribution in [2.24, 2.45) is 0 Å². The average molecular weight is 214 g/mol. The first-order valence-electron chi connectivity index (χ1n) is 4.97. The number of aryl methyl sites for hydroxylation is 1. The lowest BCUT2D eigenvalue weighted by molar-refractivity contribution is 0.160. The van der Waals surface area contributed by atoms with E-state index in [0.29, 0.717) is 0 Å². The summed E-state index contributed by atoms with van der Waals surface area (Å²) in [6.07, 6.45) is 7.17. The summed E-state index contributed by atoms with van der Waals surface area (Å²) in [6, 6.07) is 0. The van der Waals surface area contributed by atoms with Crippen molar-refractivity contribution < 1.29 is 5.11 Å². The quantitative estimate of drug-likeness (QED) is 0.788. The summed E-state index contributed by atoms with van der Waals surface area (Å²) < 4.78 is 2.03. The summed E-state index contributed by atoms with van der Waals surface area (Å²) in [5.74, 6) is 1.78. The normalized spacial score (nSPS) is 13.1. The van der Waals surface area contributed by atoms with Crippen LogP contribution in [0, 0.1) is 0 Å². The minimum absolute atomic E-state index is 0.413. The molecule has 0 aliphatic heterocycles. The van der Waals surface area contributed by atoms with E-state index < -0.39 is 6.10 Å². The van der Waals surface area contributed by atoms with Crippen LogP contribution < -0.4 is 0 Å². The standard InChI is InChI=1S/C10H18N2OS/c1-3-6-12-7-5-11-10(12)9(13)4-8-14-2/h5,7,9,13H,3-4,6,8H2,1-2H3. The Morgan fingerprint density at radius 2 is 2.43 bits per heavy atom. The minimum Gasteiger partial charge on any atom is -0.385 e. The molecule has 0 saturated carbocycles. The molecular weight excluding hydrogens is 196 g/mol. The number of aliphatic hydroxyl groups is 1. The summed E-state index contributed by atoms with van der Waals surface area (Å²) in [7, 11) is 0. The fourth-order valence-corrected chi connectivity index (χ4v) is 1.87. The van der Waals surface area contributed by atoms with E-state index in [1.54, 1.807) is 18.0 Å². The molecule has 1 rings (SSSR count). The molecule has 0 bridgehead atoms.